The van der Waals surface area contributed by atoms with Gasteiger partial charge in [-0.15, -0.1) is 0 Å². The highest BCUT2D eigenvalue weighted by Crippen LogP contribution is 2.44. The summed E-state index contributed by atoms with van der Waals surface area (Å²) in [6.45, 7) is -2.11. The van der Waals surface area contributed by atoms with Crippen molar-refractivity contribution < 1.29 is 118 Å². The summed E-state index contributed by atoms with van der Waals surface area (Å²) in [7, 11) is 2.67. The molecule has 4 aliphatic heterocycles. The number of aliphatic hydroxyl groups excluding tert-OH is 8. The molecule has 3 aromatic carbocycles. The third-order valence-corrected chi connectivity index (χ3v) is 12.5. The van der Waals surface area contributed by atoms with Gasteiger partial charge in [0.25, 0.3) is 0 Å². The van der Waals surface area contributed by atoms with E-state index < -0.39 is 123 Å². The van der Waals surface area contributed by atoms with Crippen molar-refractivity contribution in [1.29, 1.82) is 0 Å². The predicted octanol–water partition coefficient (Wildman–Crippen LogP) is -0.129. The van der Waals surface area contributed by atoms with Gasteiger partial charge in [0.15, 0.2) is 64.5 Å². The number of carbonyl (C=O) groups excluding carboxylic acids is 2. The van der Waals surface area contributed by atoms with Gasteiger partial charge in [-0.05, 0) is 77.9 Å². The van der Waals surface area contributed by atoms with Crippen LogP contribution in [0, 0.1) is 0 Å². The van der Waals surface area contributed by atoms with Gasteiger partial charge < -0.3 is 113 Å². The lowest BCUT2D eigenvalue weighted by molar-refractivity contribution is -0.345. The lowest BCUT2D eigenvalue weighted by Crippen LogP contribution is -2.64. The van der Waals surface area contributed by atoms with E-state index in [0.29, 0.717) is 11.1 Å². The van der Waals surface area contributed by atoms with Crippen molar-refractivity contribution in [2.24, 2.45) is 0 Å². The van der Waals surface area contributed by atoms with E-state index in [9.17, 15) is 70.6 Å². The number of aliphatic hydroxyl groups is 8. The standard InChI is InChI=1S/C52H54O25/c1-67-34-15-23(3-11-29(34)56)5-13-39(59)69-22-38-43(63)45(65)49(77-51-48(41(61)31(58)21-70-51)76-40(60)14-6-24-4-12-30(57)35(16-24)68-2)52(75-38)73-36-19-28-32(71-47(36)25-7-9-26(54)10-8-25)17-27(55)18-33(28)72-50-46(66)44(64)42(62)37(20-53)74-50/h3-19,31,37-38,41-46,48-54,56-58,61-66H,20-22H2,1-2H3/p+1/t31-,37-,38-,41+,42-,43-,44+,45+,46-,48-,49-,50-,51+,52-/m1/s1. The molecule has 0 unspecified atom stereocenters. The van der Waals surface area contributed by atoms with Crippen molar-refractivity contribution in [3.63, 3.8) is 0 Å². The Kier molecular flexibility index (Phi) is 17.6. The quantitative estimate of drug-likeness (QED) is 0.0328. The minimum absolute atomic E-state index is 0.0797. The molecule has 3 aromatic rings. The molecule has 0 radical (unpaired) electrons. The lowest BCUT2D eigenvalue weighted by Gasteiger charge is -2.44. The Morgan fingerprint density at radius 3 is 1.94 bits per heavy atom. The van der Waals surface area contributed by atoms with Gasteiger partial charge in [-0.3, -0.25) is 4.79 Å². The van der Waals surface area contributed by atoms with Gasteiger partial charge in [0.2, 0.25) is 19.2 Å². The van der Waals surface area contributed by atoms with Crippen LogP contribution in [0.25, 0.3) is 34.8 Å². The van der Waals surface area contributed by atoms with Gasteiger partial charge in [0.1, 0.15) is 66.1 Å². The Bertz CT molecular complexity index is 2940. The zero-order valence-electron chi connectivity index (χ0n) is 40.7. The highest BCUT2D eigenvalue weighted by atomic mass is 16.8. The summed E-state index contributed by atoms with van der Waals surface area (Å²) in [5.74, 6) is -3.06. The SMILES string of the molecule is COc1cc(C=CC(=O)O[C@H]2[C@H](O[C@H]3[C@H](Oc4cc5c(O[C@@H]6O[C@H](CO)[C@@H](O)[C@H](O)[C@H]6O)cc(=O)cc-5oc4-c4ccc(O)cc4)O[C@H](COC(=[OH+])C=Cc4ccc(O)c(OC)c4)[C@@H](O)[C@@H]3O)OC[C@@H](O)[C@@H]2O)ccc1O. The van der Waals surface area contributed by atoms with Gasteiger partial charge in [-0.1, -0.05) is 12.1 Å². The van der Waals surface area contributed by atoms with E-state index in [-0.39, 0.29) is 62.9 Å². The molecule has 0 saturated carbocycles. The molecule has 0 spiro atoms. The number of rotatable bonds is 17. The molecule has 3 fully saturated rings. The van der Waals surface area contributed by atoms with Crippen LogP contribution in [0.2, 0.25) is 0 Å². The van der Waals surface area contributed by atoms with Crippen molar-refractivity contribution in [2.45, 2.75) is 86.0 Å². The van der Waals surface area contributed by atoms with Crippen LogP contribution >= 0.6 is 0 Å². The van der Waals surface area contributed by atoms with Gasteiger partial charge in [0.05, 0.1) is 39.1 Å². The Balaban J connectivity index is 1.15. The van der Waals surface area contributed by atoms with Crippen LogP contribution in [-0.4, -0.2) is 193 Å². The minimum Gasteiger partial charge on any atom is -0.508 e. The molecule has 12 N–H and O–H groups in total. The van der Waals surface area contributed by atoms with Crippen molar-refractivity contribution in [1.82, 2.24) is 0 Å². The fourth-order valence-electron chi connectivity index (χ4n) is 8.34. The molecule has 0 aromatic heterocycles. The average Bonchev–Trinajstić information content (AvgIpc) is 3.43. The average molecular weight is 1080 g/mol. The smallest absolute Gasteiger partial charge is 0.508 e. The zero-order valence-corrected chi connectivity index (χ0v) is 40.7. The first-order valence-corrected chi connectivity index (χ1v) is 23.6. The normalized spacial score (nSPS) is 28.5. The van der Waals surface area contributed by atoms with E-state index in [1.54, 1.807) is 0 Å². The number of methoxy groups -OCH3 is 2. The number of benzene rings is 4. The number of fused-ring (bicyclic) bond motifs is 1. The third-order valence-electron chi connectivity index (χ3n) is 12.5. The Morgan fingerprint density at radius 2 is 1.29 bits per heavy atom. The van der Waals surface area contributed by atoms with E-state index in [0.717, 1.165) is 24.3 Å². The third kappa shape index (κ3) is 12.7. The molecule has 3 saturated heterocycles. The predicted molar refractivity (Wildman–Crippen MR) is 261 cm³/mol. The van der Waals surface area contributed by atoms with Crippen LogP contribution < -0.4 is 24.4 Å². The second-order valence-corrected chi connectivity index (χ2v) is 17.7. The number of aromatic hydroxyl groups is 3. The van der Waals surface area contributed by atoms with Crippen LogP contribution in [0.3, 0.4) is 0 Å². The summed E-state index contributed by atoms with van der Waals surface area (Å²) in [5.41, 5.74) is 0.264. The molecule has 25 heteroatoms. The Labute approximate surface area is 436 Å². The van der Waals surface area contributed by atoms with E-state index in [2.05, 4.69) is 0 Å². The summed E-state index contributed by atoms with van der Waals surface area (Å²) in [6.07, 6.45) is -20.7. The van der Waals surface area contributed by atoms with Crippen LogP contribution in [0.15, 0.2) is 100 Å². The molecule has 0 bridgehead atoms. The van der Waals surface area contributed by atoms with Gasteiger partial charge in [-0.2, -0.15) is 0 Å². The molecule has 412 valence electrons. The second-order valence-electron chi connectivity index (χ2n) is 17.7. The summed E-state index contributed by atoms with van der Waals surface area (Å²) in [5, 5.41) is 117. The van der Waals surface area contributed by atoms with Crippen LogP contribution in [0.5, 0.6) is 40.2 Å². The summed E-state index contributed by atoms with van der Waals surface area (Å²) in [6, 6.07) is 17.2. The molecule has 8 rings (SSSR count). The fraction of sp³-hybridized carbons (Fsp3) is 0.365. The number of hydrogen-bond acceptors (Lipinski definition) is 24. The maximum Gasteiger partial charge on any atom is 0.510 e. The zero-order chi connectivity index (χ0) is 55.2. The van der Waals surface area contributed by atoms with E-state index in [1.165, 1.54) is 93.1 Å². The molecule has 77 heavy (non-hydrogen) atoms. The van der Waals surface area contributed by atoms with Crippen molar-refractivity contribution >= 4 is 24.1 Å². The Morgan fingerprint density at radius 1 is 0.662 bits per heavy atom. The molecule has 25 nitrogen and oxygen atoms in total. The maximum atomic E-state index is 13.3. The van der Waals surface area contributed by atoms with E-state index >= 15 is 0 Å². The van der Waals surface area contributed by atoms with Gasteiger partial charge >= 0.3 is 11.9 Å². The lowest BCUT2D eigenvalue weighted by atomic mass is 9.98. The molecular formula is C52H55O25+. The first kappa shape index (κ1) is 55.9. The van der Waals surface area contributed by atoms with Gasteiger partial charge in [-0.25, -0.2) is 4.79 Å². The number of hydrogen-bond donors (Lipinski definition) is 11. The largest absolute Gasteiger partial charge is 0.510 e. The molecule has 14 atom stereocenters. The molecule has 4 heterocycles. The van der Waals surface area contributed by atoms with Crippen LogP contribution in [0.4, 0.5) is 0 Å². The first-order chi connectivity index (χ1) is 36.8. The van der Waals surface area contributed by atoms with Crippen LogP contribution in [-0.2, 0) is 33.2 Å². The van der Waals surface area contributed by atoms with E-state index in [1.807, 2.05) is 0 Å². The monoisotopic (exact) mass is 1080 g/mol. The number of phenols is 3. The first-order valence-electron chi connectivity index (χ1n) is 23.6. The maximum absolute atomic E-state index is 13.3. The highest BCUT2D eigenvalue weighted by Gasteiger charge is 2.52. The summed E-state index contributed by atoms with van der Waals surface area (Å²) < 4.78 is 63.6. The van der Waals surface area contributed by atoms with E-state index in [4.69, 9.17) is 51.8 Å². The molecule has 5 aliphatic rings. The number of carbonyl (C=O) groups is 1. The number of ether oxygens (including phenoxy) is 10. The van der Waals surface area contributed by atoms with Crippen molar-refractivity contribution in [2.75, 3.05) is 34.0 Å². The molecular weight excluding hydrogens is 1020 g/mol. The molecule has 0 amide bonds. The molecule has 1 aliphatic carbocycles. The highest BCUT2D eigenvalue weighted by molar-refractivity contribution is 5.88. The summed E-state index contributed by atoms with van der Waals surface area (Å²) in [4.78, 5) is 37.2. The number of phenolic OH excluding ortho intramolecular Hbond substituents is 3. The topological polar surface area (TPSA) is 384 Å². The van der Waals surface area contributed by atoms with Gasteiger partial charge in [0, 0.05) is 23.8 Å². The summed E-state index contributed by atoms with van der Waals surface area (Å²) >= 11 is 0. The fourth-order valence-corrected chi connectivity index (χ4v) is 8.34. The second kappa shape index (κ2) is 24.3. The van der Waals surface area contributed by atoms with Crippen molar-refractivity contribution in [3.05, 3.63) is 112 Å². The number of esters is 2. The van der Waals surface area contributed by atoms with Crippen LogP contribution in [0.1, 0.15) is 11.1 Å². The van der Waals surface area contributed by atoms with Crippen molar-refractivity contribution in [3.8, 4) is 62.9 Å². The minimum atomic E-state index is -2.07. The Hall–Kier alpha value is -7.37.